The van der Waals surface area contributed by atoms with Crippen LogP contribution in [0.5, 0.6) is 0 Å². The van der Waals surface area contributed by atoms with Crippen LogP contribution in [0.4, 0.5) is 8.78 Å². The highest BCUT2D eigenvalue weighted by Crippen LogP contribution is 2.31. The molecule has 3 rings (SSSR count). The molecule has 1 N–H and O–H groups in total. The van der Waals surface area contributed by atoms with Crippen LogP contribution in [-0.4, -0.2) is 5.11 Å². The molecule has 3 heteroatoms. The van der Waals surface area contributed by atoms with Gasteiger partial charge in [0.15, 0.2) is 0 Å². The van der Waals surface area contributed by atoms with E-state index in [0.717, 1.165) is 22.9 Å². The Bertz CT molecular complexity index is 806. The maximum Gasteiger partial charge on any atom is 0.129 e. The molecule has 0 aliphatic heterocycles. The summed E-state index contributed by atoms with van der Waals surface area (Å²) < 4.78 is 27.7. The van der Waals surface area contributed by atoms with Gasteiger partial charge in [0.1, 0.15) is 17.7 Å². The fraction of sp³-hybridized carbons (Fsp3) is 0.111. The number of benzene rings is 3. The van der Waals surface area contributed by atoms with Gasteiger partial charge in [-0.2, -0.15) is 0 Å². The van der Waals surface area contributed by atoms with E-state index in [-0.39, 0.29) is 11.1 Å². The number of aliphatic hydroxyl groups excluding tert-OH is 1. The lowest BCUT2D eigenvalue weighted by molar-refractivity contribution is 0.216. The lowest BCUT2D eigenvalue weighted by Crippen LogP contribution is -2.05. The van der Waals surface area contributed by atoms with Gasteiger partial charge in [0.05, 0.1) is 0 Å². The molecule has 0 aliphatic carbocycles. The molecule has 1 nitrogen and oxygen atoms in total. The van der Waals surface area contributed by atoms with Gasteiger partial charge in [0.2, 0.25) is 0 Å². The molecule has 0 saturated heterocycles. The van der Waals surface area contributed by atoms with E-state index in [4.69, 9.17) is 0 Å². The van der Waals surface area contributed by atoms with Crippen molar-refractivity contribution in [3.05, 3.63) is 82.9 Å². The molecule has 106 valence electrons. The topological polar surface area (TPSA) is 20.2 Å². The molecule has 0 aliphatic rings. The van der Waals surface area contributed by atoms with Crippen LogP contribution in [0.1, 0.15) is 22.8 Å². The van der Waals surface area contributed by atoms with E-state index < -0.39 is 17.7 Å². The van der Waals surface area contributed by atoms with Gasteiger partial charge in [-0.25, -0.2) is 8.78 Å². The molecule has 0 amide bonds. The lowest BCUT2D eigenvalue weighted by Gasteiger charge is -2.15. The minimum absolute atomic E-state index is 0.0468. The minimum Gasteiger partial charge on any atom is -0.384 e. The number of halogens is 2. The zero-order chi connectivity index (χ0) is 15.0. The van der Waals surface area contributed by atoms with Gasteiger partial charge in [-0.15, -0.1) is 0 Å². The first-order valence-corrected chi connectivity index (χ1v) is 6.69. The quantitative estimate of drug-likeness (QED) is 0.734. The van der Waals surface area contributed by atoms with Crippen molar-refractivity contribution in [1.82, 2.24) is 0 Å². The number of hydrogen-bond acceptors (Lipinski definition) is 1. The van der Waals surface area contributed by atoms with Crippen LogP contribution >= 0.6 is 0 Å². The van der Waals surface area contributed by atoms with Gasteiger partial charge in [0.25, 0.3) is 0 Å². The van der Waals surface area contributed by atoms with Crippen molar-refractivity contribution >= 4 is 10.8 Å². The first-order valence-electron chi connectivity index (χ1n) is 6.69. The average molecular weight is 284 g/mol. The summed E-state index contributed by atoms with van der Waals surface area (Å²) in [7, 11) is 0. The van der Waals surface area contributed by atoms with Crippen molar-refractivity contribution in [2.24, 2.45) is 0 Å². The average Bonchev–Trinajstić information content (AvgIpc) is 2.49. The third-order valence-electron chi connectivity index (χ3n) is 3.69. The Morgan fingerprint density at radius 1 is 0.857 bits per heavy atom. The number of hydrogen-bond donors (Lipinski definition) is 1. The second kappa shape index (κ2) is 5.26. The summed E-state index contributed by atoms with van der Waals surface area (Å²) in [6.07, 6.45) is -1.20. The van der Waals surface area contributed by atoms with Crippen LogP contribution in [0.15, 0.2) is 54.6 Å². The van der Waals surface area contributed by atoms with Gasteiger partial charge >= 0.3 is 0 Å². The van der Waals surface area contributed by atoms with Crippen LogP contribution in [0, 0.1) is 18.6 Å². The molecule has 3 aromatic rings. The highest BCUT2D eigenvalue weighted by Gasteiger charge is 2.19. The Balaban J connectivity index is 2.17. The highest BCUT2D eigenvalue weighted by molar-refractivity contribution is 5.86. The first-order chi connectivity index (χ1) is 10.1. The lowest BCUT2D eigenvalue weighted by atomic mass is 9.95. The van der Waals surface area contributed by atoms with Crippen molar-refractivity contribution in [3.63, 3.8) is 0 Å². The Kier molecular flexibility index (Phi) is 3.43. The summed E-state index contributed by atoms with van der Waals surface area (Å²) in [5, 5.41) is 12.3. The number of aliphatic hydroxyl groups is 1. The second-order valence-corrected chi connectivity index (χ2v) is 5.09. The van der Waals surface area contributed by atoms with Crippen LogP contribution < -0.4 is 0 Å². The van der Waals surface area contributed by atoms with Gasteiger partial charge in [-0.05, 0) is 41.0 Å². The Morgan fingerprint density at radius 3 is 2.38 bits per heavy atom. The smallest absolute Gasteiger partial charge is 0.129 e. The van der Waals surface area contributed by atoms with Crippen molar-refractivity contribution < 1.29 is 13.9 Å². The van der Waals surface area contributed by atoms with Crippen LogP contribution in [-0.2, 0) is 0 Å². The molecule has 3 aromatic carbocycles. The zero-order valence-electron chi connectivity index (χ0n) is 11.5. The largest absolute Gasteiger partial charge is 0.384 e. The van der Waals surface area contributed by atoms with Gasteiger partial charge in [0, 0.05) is 5.56 Å². The molecule has 0 saturated carbocycles. The standard InChI is InChI=1S/C18H14F2O/c1-11-9-17(20)15(10-16(11)19)18(21)14-8-4-6-12-5-2-3-7-13(12)14/h2-10,18,21H,1H3. The molecule has 0 spiro atoms. The SMILES string of the molecule is Cc1cc(F)c(C(O)c2cccc3ccccc23)cc1F. The summed E-state index contributed by atoms with van der Waals surface area (Å²) in [5.74, 6) is -1.12. The monoisotopic (exact) mass is 284 g/mol. The van der Waals surface area contributed by atoms with Crippen LogP contribution in [0.3, 0.4) is 0 Å². The van der Waals surface area contributed by atoms with Crippen LogP contribution in [0.2, 0.25) is 0 Å². The Labute approximate surface area is 121 Å². The highest BCUT2D eigenvalue weighted by atomic mass is 19.1. The van der Waals surface area contributed by atoms with Crippen molar-refractivity contribution in [3.8, 4) is 0 Å². The molecule has 0 heterocycles. The van der Waals surface area contributed by atoms with Gasteiger partial charge in [-0.1, -0.05) is 42.5 Å². The Hall–Kier alpha value is -2.26. The van der Waals surface area contributed by atoms with Crippen molar-refractivity contribution in [1.29, 1.82) is 0 Å². The van der Waals surface area contributed by atoms with Crippen LogP contribution in [0.25, 0.3) is 10.8 Å². The Morgan fingerprint density at radius 2 is 1.57 bits per heavy atom. The van der Waals surface area contributed by atoms with Gasteiger partial charge in [-0.3, -0.25) is 0 Å². The number of fused-ring (bicyclic) bond motifs is 1. The summed E-state index contributed by atoms with van der Waals surface area (Å²) in [5.41, 5.74) is 0.742. The number of rotatable bonds is 2. The molecular weight excluding hydrogens is 270 g/mol. The predicted octanol–water partition coefficient (Wildman–Crippen LogP) is 4.51. The molecule has 0 radical (unpaired) electrons. The minimum atomic E-state index is -1.20. The summed E-state index contributed by atoms with van der Waals surface area (Å²) in [6.45, 7) is 1.49. The zero-order valence-corrected chi connectivity index (χ0v) is 11.5. The summed E-state index contributed by atoms with van der Waals surface area (Å²) >= 11 is 0. The molecule has 0 fully saturated rings. The second-order valence-electron chi connectivity index (χ2n) is 5.09. The third-order valence-corrected chi connectivity index (χ3v) is 3.69. The van der Waals surface area contributed by atoms with E-state index in [1.165, 1.54) is 6.92 Å². The van der Waals surface area contributed by atoms with E-state index in [1.54, 1.807) is 12.1 Å². The van der Waals surface area contributed by atoms with Crippen molar-refractivity contribution in [2.75, 3.05) is 0 Å². The molecule has 1 atom stereocenters. The van der Waals surface area contributed by atoms with Crippen molar-refractivity contribution in [2.45, 2.75) is 13.0 Å². The fourth-order valence-corrected chi connectivity index (χ4v) is 2.53. The van der Waals surface area contributed by atoms with Gasteiger partial charge < -0.3 is 5.11 Å². The third kappa shape index (κ3) is 2.41. The molecule has 1 unspecified atom stereocenters. The van der Waals surface area contributed by atoms with E-state index in [0.29, 0.717) is 5.56 Å². The molecular formula is C18H14F2O. The van der Waals surface area contributed by atoms with E-state index >= 15 is 0 Å². The maximum absolute atomic E-state index is 14.0. The predicted molar refractivity (Wildman–Crippen MR) is 79.1 cm³/mol. The summed E-state index contributed by atoms with van der Waals surface area (Å²) in [4.78, 5) is 0. The molecule has 21 heavy (non-hydrogen) atoms. The number of aryl methyl sites for hydroxylation is 1. The maximum atomic E-state index is 14.0. The first kappa shape index (κ1) is 13.7. The summed E-state index contributed by atoms with van der Waals surface area (Å²) in [6, 6.07) is 15.1. The molecule has 0 bridgehead atoms. The fourth-order valence-electron chi connectivity index (χ4n) is 2.53. The normalized spacial score (nSPS) is 12.6. The van der Waals surface area contributed by atoms with E-state index in [9.17, 15) is 13.9 Å². The van der Waals surface area contributed by atoms with E-state index in [1.807, 2.05) is 30.3 Å². The molecule has 0 aromatic heterocycles. The van der Waals surface area contributed by atoms with E-state index in [2.05, 4.69) is 0 Å².